The molecule has 198 valence electrons. The van der Waals surface area contributed by atoms with E-state index in [1.54, 1.807) is 54.3 Å². The summed E-state index contributed by atoms with van der Waals surface area (Å²) in [6.07, 6.45) is -0.299. The van der Waals surface area contributed by atoms with Crippen LogP contribution in [0, 0.1) is 11.6 Å². The fourth-order valence-corrected chi connectivity index (χ4v) is 6.48. The van der Waals surface area contributed by atoms with Gasteiger partial charge < -0.3 is 9.64 Å². The van der Waals surface area contributed by atoms with Gasteiger partial charge in [-0.2, -0.15) is 0 Å². The summed E-state index contributed by atoms with van der Waals surface area (Å²) in [6, 6.07) is 14.5. The van der Waals surface area contributed by atoms with Crippen LogP contribution < -0.4 is 18.8 Å². The van der Waals surface area contributed by atoms with E-state index in [4.69, 9.17) is 4.74 Å². The summed E-state index contributed by atoms with van der Waals surface area (Å²) in [5, 5.41) is 0. The molecule has 0 spiro atoms. The van der Waals surface area contributed by atoms with Crippen LogP contribution in [0.3, 0.4) is 0 Å². The standard InChI is InChI=1S/C27H25F2N3O5S/c1-17-16-30(27(34)37-26-11-7-21(28)15-23(26)29)25-14-20(6-10-24(25)32(17)18(2)33)19-4-8-22(9-5-19)31-12-3-13-38(31,35)36/h4-11,14-15,17H,3,12-13,16H2,1-2H3. The number of hydrogen-bond donors (Lipinski definition) is 0. The van der Waals surface area contributed by atoms with Gasteiger partial charge in [-0.3, -0.25) is 14.0 Å². The second kappa shape index (κ2) is 9.71. The van der Waals surface area contributed by atoms with Crippen LogP contribution in [0.15, 0.2) is 60.7 Å². The fraction of sp³-hybridized carbons (Fsp3) is 0.259. The van der Waals surface area contributed by atoms with Crippen LogP contribution in [0.1, 0.15) is 20.3 Å². The number of nitrogens with zero attached hydrogens (tertiary/aromatic N) is 3. The molecule has 0 bridgehead atoms. The molecule has 0 radical (unpaired) electrons. The minimum Gasteiger partial charge on any atom is -0.407 e. The lowest BCUT2D eigenvalue weighted by molar-refractivity contribution is -0.117. The molecule has 3 aromatic carbocycles. The summed E-state index contributed by atoms with van der Waals surface area (Å²) in [7, 11) is -3.31. The van der Waals surface area contributed by atoms with Crippen molar-refractivity contribution in [3.8, 4) is 16.9 Å². The van der Waals surface area contributed by atoms with Crippen molar-refractivity contribution in [2.45, 2.75) is 26.3 Å². The maximum absolute atomic E-state index is 14.2. The SMILES string of the molecule is CC(=O)N1c2ccc(-c3ccc(N4CCCS4(=O)=O)cc3)cc2N(C(=O)Oc2ccc(F)cc2F)CC1C. The molecule has 38 heavy (non-hydrogen) atoms. The molecule has 0 saturated carbocycles. The largest absolute Gasteiger partial charge is 0.419 e. The van der Waals surface area contributed by atoms with Crippen molar-refractivity contribution < 1.29 is 31.5 Å². The second-order valence-corrected chi connectivity index (χ2v) is 11.3. The molecule has 1 saturated heterocycles. The highest BCUT2D eigenvalue weighted by Crippen LogP contribution is 2.40. The number of ether oxygens (including phenoxy) is 1. The molecule has 0 N–H and O–H groups in total. The molecule has 3 aromatic rings. The van der Waals surface area contributed by atoms with Gasteiger partial charge in [0.25, 0.3) is 0 Å². The van der Waals surface area contributed by atoms with E-state index >= 15 is 0 Å². The molecule has 0 aromatic heterocycles. The number of rotatable bonds is 3. The third-order valence-electron chi connectivity index (χ3n) is 6.65. The van der Waals surface area contributed by atoms with E-state index in [1.165, 1.54) is 16.1 Å². The fourth-order valence-electron chi connectivity index (χ4n) is 4.91. The number of fused-ring (bicyclic) bond motifs is 1. The highest BCUT2D eigenvalue weighted by atomic mass is 32.2. The molecule has 1 unspecified atom stereocenters. The zero-order valence-electron chi connectivity index (χ0n) is 20.7. The number of amides is 2. The molecule has 1 fully saturated rings. The number of carbonyl (C=O) groups excluding carboxylic acids is 2. The Kier molecular flexibility index (Phi) is 6.56. The zero-order valence-corrected chi connectivity index (χ0v) is 21.5. The predicted molar refractivity (Wildman–Crippen MR) is 140 cm³/mol. The Morgan fingerprint density at radius 2 is 1.66 bits per heavy atom. The molecule has 2 amide bonds. The van der Waals surface area contributed by atoms with E-state index in [9.17, 15) is 26.8 Å². The predicted octanol–water partition coefficient (Wildman–Crippen LogP) is 4.93. The van der Waals surface area contributed by atoms with Crippen molar-refractivity contribution in [3.63, 3.8) is 0 Å². The van der Waals surface area contributed by atoms with E-state index < -0.39 is 39.5 Å². The number of sulfonamides is 1. The Balaban J connectivity index is 1.50. The summed E-state index contributed by atoms with van der Waals surface area (Å²) in [6.45, 7) is 3.73. The summed E-state index contributed by atoms with van der Waals surface area (Å²) < 4.78 is 58.6. The van der Waals surface area contributed by atoms with E-state index in [0.29, 0.717) is 41.7 Å². The molecular formula is C27H25F2N3O5S. The molecular weight excluding hydrogens is 516 g/mol. The summed E-state index contributed by atoms with van der Waals surface area (Å²) >= 11 is 0. The molecule has 2 aliphatic rings. The van der Waals surface area contributed by atoms with Crippen LogP contribution >= 0.6 is 0 Å². The first-order valence-electron chi connectivity index (χ1n) is 12.0. The van der Waals surface area contributed by atoms with Gasteiger partial charge in [0.1, 0.15) is 5.82 Å². The van der Waals surface area contributed by atoms with E-state index in [1.807, 2.05) is 0 Å². The lowest BCUT2D eigenvalue weighted by Crippen LogP contribution is -2.52. The highest BCUT2D eigenvalue weighted by Gasteiger charge is 2.35. The monoisotopic (exact) mass is 541 g/mol. The number of anilines is 3. The summed E-state index contributed by atoms with van der Waals surface area (Å²) in [4.78, 5) is 28.5. The smallest absolute Gasteiger partial charge is 0.407 e. The van der Waals surface area contributed by atoms with Crippen LogP contribution in [0.25, 0.3) is 11.1 Å². The third kappa shape index (κ3) is 4.69. The quantitative estimate of drug-likeness (QED) is 0.469. The normalized spacial score (nSPS) is 18.3. The molecule has 5 rings (SSSR count). The molecule has 8 nitrogen and oxygen atoms in total. The van der Waals surface area contributed by atoms with Gasteiger partial charge in [-0.1, -0.05) is 18.2 Å². The number of halogens is 2. The molecule has 2 aliphatic heterocycles. The maximum atomic E-state index is 14.2. The van der Waals surface area contributed by atoms with Crippen molar-refractivity contribution in [1.82, 2.24) is 0 Å². The lowest BCUT2D eigenvalue weighted by Gasteiger charge is -2.40. The van der Waals surface area contributed by atoms with Crippen molar-refractivity contribution >= 4 is 39.1 Å². The van der Waals surface area contributed by atoms with Crippen LogP contribution in [-0.2, 0) is 14.8 Å². The van der Waals surface area contributed by atoms with Crippen molar-refractivity contribution in [2.24, 2.45) is 0 Å². The zero-order chi connectivity index (χ0) is 27.2. The Labute approximate surface area is 219 Å². The Hall–Kier alpha value is -3.99. The van der Waals surface area contributed by atoms with Crippen LogP contribution in [0.4, 0.5) is 30.6 Å². The van der Waals surface area contributed by atoms with Crippen molar-refractivity contribution in [3.05, 3.63) is 72.3 Å². The van der Waals surface area contributed by atoms with Crippen LogP contribution in [0.2, 0.25) is 0 Å². The minimum absolute atomic E-state index is 0.0867. The van der Waals surface area contributed by atoms with Crippen LogP contribution in [-0.4, -0.2) is 45.3 Å². The Bertz CT molecular complexity index is 1530. The highest BCUT2D eigenvalue weighted by molar-refractivity contribution is 7.93. The van der Waals surface area contributed by atoms with Gasteiger partial charge in [-0.25, -0.2) is 22.0 Å². The van der Waals surface area contributed by atoms with Gasteiger partial charge in [-0.15, -0.1) is 0 Å². The van der Waals surface area contributed by atoms with Gasteiger partial charge in [0, 0.05) is 26.1 Å². The average molecular weight is 542 g/mol. The van der Waals surface area contributed by atoms with E-state index in [0.717, 1.165) is 17.7 Å². The average Bonchev–Trinajstić information content (AvgIpc) is 3.23. The first kappa shape index (κ1) is 25.7. The first-order valence-corrected chi connectivity index (χ1v) is 13.6. The lowest BCUT2D eigenvalue weighted by atomic mass is 10.0. The molecule has 1 atom stereocenters. The van der Waals surface area contributed by atoms with Gasteiger partial charge in [0.2, 0.25) is 15.9 Å². The Morgan fingerprint density at radius 1 is 0.947 bits per heavy atom. The van der Waals surface area contributed by atoms with Gasteiger partial charge >= 0.3 is 6.09 Å². The maximum Gasteiger partial charge on any atom is 0.419 e. The number of hydrogen-bond acceptors (Lipinski definition) is 5. The van der Waals surface area contributed by atoms with E-state index in [2.05, 4.69) is 0 Å². The van der Waals surface area contributed by atoms with Gasteiger partial charge in [-0.05, 0) is 60.9 Å². The summed E-state index contributed by atoms with van der Waals surface area (Å²) in [5.41, 5.74) is 2.92. The van der Waals surface area contributed by atoms with E-state index in [-0.39, 0.29) is 18.2 Å². The molecule has 2 heterocycles. The summed E-state index contributed by atoms with van der Waals surface area (Å²) in [5.74, 6) is -2.31. The van der Waals surface area contributed by atoms with Crippen molar-refractivity contribution in [1.29, 1.82) is 0 Å². The third-order valence-corrected chi connectivity index (χ3v) is 8.52. The molecule has 11 heteroatoms. The van der Waals surface area contributed by atoms with Gasteiger partial charge in [0.05, 0.1) is 28.9 Å². The number of carbonyl (C=O) groups is 2. The second-order valence-electron chi connectivity index (χ2n) is 9.28. The first-order chi connectivity index (χ1) is 18.0. The topological polar surface area (TPSA) is 87.2 Å². The minimum atomic E-state index is -3.31. The van der Waals surface area contributed by atoms with Crippen molar-refractivity contribution in [2.75, 3.05) is 32.9 Å². The Morgan fingerprint density at radius 3 is 2.29 bits per heavy atom. The molecule has 0 aliphatic carbocycles. The van der Waals surface area contributed by atoms with Crippen LogP contribution in [0.5, 0.6) is 5.75 Å². The van der Waals surface area contributed by atoms with Gasteiger partial charge in [0.15, 0.2) is 11.6 Å². The number of benzene rings is 3.